The first-order chi connectivity index (χ1) is 9.98. The number of hydrogen-bond donors (Lipinski definition) is 3. The first kappa shape index (κ1) is 11.6. The number of nitrogens with zero attached hydrogens (tertiary/aromatic N) is 2. The van der Waals surface area contributed by atoms with Gasteiger partial charge in [-0.25, -0.2) is 9.59 Å². The van der Waals surface area contributed by atoms with E-state index in [0.717, 1.165) is 4.57 Å². The quantitative estimate of drug-likeness (QED) is 0.464. The number of aliphatic hydroxyl groups excluding tert-OH is 1. The van der Waals surface area contributed by atoms with Gasteiger partial charge in [-0.15, -0.1) is 0 Å². The van der Waals surface area contributed by atoms with Gasteiger partial charge in [0.15, 0.2) is 24.3 Å². The number of ether oxygens (including phenoxy) is 3. The molecule has 1 aromatic rings. The number of carbonyl (C=O) groups excluding carboxylic acids is 1. The van der Waals surface area contributed by atoms with Crippen molar-refractivity contribution in [3.8, 4) is 0 Å². The molecule has 3 N–H and O–H groups in total. The van der Waals surface area contributed by atoms with Gasteiger partial charge in [0.25, 0.3) is 0 Å². The fourth-order valence-electron chi connectivity index (χ4n) is 2.13. The summed E-state index contributed by atoms with van der Waals surface area (Å²) in [6.07, 6.45) is -5.09. The molecule has 3 heterocycles. The van der Waals surface area contributed by atoms with Crippen molar-refractivity contribution < 1.29 is 30.7 Å². The molecule has 2 aliphatic rings. The van der Waals surface area contributed by atoms with Crippen molar-refractivity contribution in [1.29, 1.82) is 0 Å². The van der Waals surface area contributed by atoms with Gasteiger partial charge in [-0.2, -0.15) is 4.98 Å². The van der Waals surface area contributed by atoms with Crippen molar-refractivity contribution in [2.75, 3.05) is 12.1 Å². The van der Waals surface area contributed by atoms with E-state index in [0.29, 0.717) is 0 Å². The minimum Gasteiger partial charge on any atom is -0.424 e. The number of fused-ring (bicyclic) bond motifs is 1. The number of rotatable bonds is 3. The summed E-state index contributed by atoms with van der Waals surface area (Å²) in [5.41, 5.74) is 0.911. The van der Waals surface area contributed by atoms with Crippen LogP contribution < -0.4 is 11.2 Å². The van der Waals surface area contributed by atoms with Gasteiger partial charge >= 0.3 is 11.8 Å². The molecule has 0 saturated carbocycles. The highest BCUT2D eigenvalue weighted by Crippen LogP contribution is 2.36. The molecule has 2 fully saturated rings. The van der Waals surface area contributed by atoms with E-state index in [2.05, 4.69) is 4.98 Å². The fraction of sp³-hybridized carbons (Fsp3) is 0.500. The van der Waals surface area contributed by atoms with Crippen molar-refractivity contribution in [2.45, 2.75) is 24.5 Å². The molecule has 3 rings (SSSR count). The maximum atomic E-state index is 11.9. The smallest absolute Gasteiger partial charge is 0.424 e. The predicted molar refractivity (Wildman–Crippen MR) is 60.0 cm³/mol. The Bertz CT molecular complexity index is 637. The summed E-state index contributed by atoms with van der Waals surface area (Å²) in [7, 11) is 0. The topological polar surface area (TPSA) is 132 Å². The fourth-order valence-corrected chi connectivity index (χ4v) is 2.13. The zero-order valence-corrected chi connectivity index (χ0v) is 9.92. The number of aromatic nitrogens is 2. The van der Waals surface area contributed by atoms with E-state index in [-0.39, 0.29) is 5.82 Å². The van der Waals surface area contributed by atoms with Gasteiger partial charge in [-0.05, 0) is 6.07 Å². The molecule has 0 amide bonds. The van der Waals surface area contributed by atoms with E-state index in [1.54, 1.807) is 5.48 Å². The van der Waals surface area contributed by atoms with Crippen LogP contribution in [0.1, 0.15) is 7.60 Å². The molecule has 1 aromatic heterocycles. The molecular formula is C10H11N3O7. The number of hydrogen-bond acceptors (Lipinski definition) is 9. The maximum Gasteiger partial charge on any atom is 0.509 e. The first-order valence-electron chi connectivity index (χ1n) is 6.14. The van der Waals surface area contributed by atoms with Crippen LogP contribution in [-0.2, 0) is 14.2 Å². The van der Waals surface area contributed by atoms with E-state index in [1.165, 1.54) is 12.3 Å². The molecule has 0 aliphatic carbocycles. The summed E-state index contributed by atoms with van der Waals surface area (Å²) < 4.78 is 23.9. The average Bonchev–Trinajstić information content (AvgIpc) is 2.97. The molecule has 4 atom stereocenters. The molecule has 108 valence electrons. The van der Waals surface area contributed by atoms with Crippen LogP contribution in [0.5, 0.6) is 0 Å². The zero-order valence-electron chi connectivity index (χ0n) is 10.9. The van der Waals surface area contributed by atoms with Crippen molar-refractivity contribution in [2.24, 2.45) is 0 Å². The Hall–Kier alpha value is -2.17. The Morgan fingerprint density at radius 2 is 2.20 bits per heavy atom. The normalized spacial score (nSPS) is 36.0. The van der Waals surface area contributed by atoms with Gasteiger partial charge in [0.1, 0.15) is 6.08 Å². The summed E-state index contributed by atoms with van der Waals surface area (Å²) in [4.78, 5) is 26.6. The van der Waals surface area contributed by atoms with Crippen LogP contribution in [0.4, 0.5) is 10.6 Å². The van der Waals surface area contributed by atoms with Gasteiger partial charge in [-0.1, -0.05) is 0 Å². The average molecular weight is 286 g/mol. The summed E-state index contributed by atoms with van der Waals surface area (Å²) >= 11 is 0. The molecule has 0 aromatic carbocycles. The van der Waals surface area contributed by atoms with Crippen molar-refractivity contribution in [3.05, 3.63) is 22.7 Å². The second-order valence-electron chi connectivity index (χ2n) is 4.12. The van der Waals surface area contributed by atoms with E-state index in [1.807, 2.05) is 0 Å². The summed E-state index contributed by atoms with van der Waals surface area (Å²) in [5, 5.41) is 17.9. The SMILES string of the molecule is [2H][C@]1(CO)O[C@@H](n2ccc(NO)nc2=O)[C@@H]2OC(=O)O[C@@H]21. The molecule has 10 heteroatoms. The number of carbonyl (C=O) groups is 1. The van der Waals surface area contributed by atoms with Gasteiger partial charge in [-0.3, -0.25) is 15.3 Å². The minimum atomic E-state index is -1.94. The first-order valence-corrected chi connectivity index (χ1v) is 5.64. The van der Waals surface area contributed by atoms with Crippen LogP contribution in [-0.4, -0.2) is 50.9 Å². The number of aliphatic hydroxyl groups is 1. The lowest BCUT2D eigenvalue weighted by atomic mass is 10.1. The largest absolute Gasteiger partial charge is 0.509 e. The van der Waals surface area contributed by atoms with Crippen LogP contribution in [0.25, 0.3) is 0 Å². The lowest BCUT2D eigenvalue weighted by Gasteiger charge is -2.17. The predicted octanol–water partition coefficient (Wildman–Crippen LogP) is -1.16. The minimum absolute atomic E-state index is 0.0789. The standard InChI is InChI=1S/C10H11N3O7/c14-3-4-6-7(20-10(16)19-6)8(18-4)13-2-1-5(12-17)11-9(13)15/h1-2,4,6-8,14,17H,3H2,(H,11,12,15)/t4-,6-,7-,8-/m1/s1/i4D. The maximum absolute atomic E-state index is 11.9. The molecule has 0 radical (unpaired) electrons. The summed E-state index contributed by atoms with van der Waals surface area (Å²) in [5.74, 6) is -0.0789. The van der Waals surface area contributed by atoms with E-state index >= 15 is 0 Å². The third-order valence-corrected chi connectivity index (χ3v) is 3.00. The monoisotopic (exact) mass is 286 g/mol. The van der Waals surface area contributed by atoms with Crippen LogP contribution in [0, 0.1) is 0 Å². The highest BCUT2D eigenvalue weighted by Gasteiger charge is 2.55. The number of anilines is 1. The van der Waals surface area contributed by atoms with Gasteiger partial charge < -0.3 is 19.3 Å². The second-order valence-corrected chi connectivity index (χ2v) is 4.12. The van der Waals surface area contributed by atoms with Crippen LogP contribution >= 0.6 is 0 Å². The Labute approximate surface area is 112 Å². The van der Waals surface area contributed by atoms with E-state index in [4.69, 9.17) is 20.8 Å². The third-order valence-electron chi connectivity index (χ3n) is 3.00. The lowest BCUT2D eigenvalue weighted by Crippen LogP contribution is -2.34. The van der Waals surface area contributed by atoms with E-state index in [9.17, 15) is 14.7 Å². The third kappa shape index (κ3) is 1.90. The molecule has 10 nitrogen and oxygen atoms in total. The Morgan fingerprint density at radius 3 is 2.85 bits per heavy atom. The lowest BCUT2D eigenvalue weighted by molar-refractivity contribution is -0.0735. The molecule has 0 unspecified atom stereocenters. The van der Waals surface area contributed by atoms with Crippen LogP contribution in [0.15, 0.2) is 17.1 Å². The zero-order chi connectivity index (χ0) is 15.2. The van der Waals surface area contributed by atoms with Crippen molar-refractivity contribution >= 4 is 12.0 Å². The molecule has 0 spiro atoms. The molecule has 0 bridgehead atoms. The Kier molecular flexibility index (Phi) is 2.76. The van der Waals surface area contributed by atoms with Gasteiger partial charge in [0, 0.05) is 6.20 Å². The van der Waals surface area contributed by atoms with Gasteiger partial charge in [0.05, 0.1) is 7.98 Å². The van der Waals surface area contributed by atoms with Gasteiger partial charge in [0.2, 0.25) is 0 Å². The number of nitrogens with one attached hydrogen (secondary N) is 1. The highest BCUT2D eigenvalue weighted by atomic mass is 16.8. The van der Waals surface area contributed by atoms with Crippen LogP contribution in [0.3, 0.4) is 0 Å². The van der Waals surface area contributed by atoms with E-state index < -0.39 is 43.0 Å². The second kappa shape index (κ2) is 4.74. The molecule has 2 aliphatic heterocycles. The molecule has 2 saturated heterocycles. The van der Waals surface area contributed by atoms with Crippen molar-refractivity contribution in [3.63, 3.8) is 0 Å². The summed E-state index contributed by atoms with van der Waals surface area (Å²) in [6.45, 7) is -0.750. The molecule has 20 heavy (non-hydrogen) atoms. The Morgan fingerprint density at radius 1 is 1.45 bits per heavy atom. The highest BCUT2D eigenvalue weighted by molar-refractivity contribution is 5.63. The van der Waals surface area contributed by atoms with Crippen LogP contribution in [0.2, 0.25) is 0 Å². The Balaban J connectivity index is 1.99. The molecular weight excluding hydrogens is 274 g/mol. The summed E-state index contributed by atoms with van der Waals surface area (Å²) in [6, 6.07) is 1.28. The van der Waals surface area contributed by atoms with Crippen molar-refractivity contribution in [1.82, 2.24) is 9.55 Å².